The number of hydrogen-bond acceptors (Lipinski definition) is 2. The zero-order valence-corrected chi connectivity index (χ0v) is 13.2. The van der Waals surface area contributed by atoms with Gasteiger partial charge >= 0.3 is 0 Å². The molecule has 1 aromatic rings. The van der Waals surface area contributed by atoms with Crippen molar-refractivity contribution in [3.05, 3.63) is 28.2 Å². The summed E-state index contributed by atoms with van der Waals surface area (Å²) in [4.78, 5) is 1.71. The standard InChI is InChI=1S/C12H15Br2F2NO/c1-18-10-2-3-11(14)9(6-10)7-17(5-4-13)8-12(15)16/h2-3,6,12H,4-5,7-8H2,1H3. The maximum absolute atomic E-state index is 12.5. The lowest BCUT2D eigenvalue weighted by atomic mass is 10.2. The maximum atomic E-state index is 12.5. The van der Waals surface area contributed by atoms with Crippen molar-refractivity contribution in [1.82, 2.24) is 4.90 Å². The van der Waals surface area contributed by atoms with Crippen molar-refractivity contribution in [2.24, 2.45) is 0 Å². The Morgan fingerprint density at radius 1 is 1.39 bits per heavy atom. The molecule has 0 saturated heterocycles. The molecule has 1 rings (SSSR count). The van der Waals surface area contributed by atoms with E-state index in [1.807, 2.05) is 18.2 Å². The van der Waals surface area contributed by atoms with Crippen molar-refractivity contribution < 1.29 is 13.5 Å². The topological polar surface area (TPSA) is 12.5 Å². The first-order valence-corrected chi connectivity index (χ1v) is 7.37. The molecule has 0 radical (unpaired) electrons. The van der Waals surface area contributed by atoms with Gasteiger partial charge < -0.3 is 4.74 Å². The van der Waals surface area contributed by atoms with E-state index in [1.165, 1.54) is 0 Å². The highest BCUT2D eigenvalue weighted by Crippen LogP contribution is 2.24. The van der Waals surface area contributed by atoms with Gasteiger partial charge in [0.15, 0.2) is 0 Å². The van der Waals surface area contributed by atoms with Crippen LogP contribution < -0.4 is 4.74 Å². The minimum Gasteiger partial charge on any atom is -0.497 e. The smallest absolute Gasteiger partial charge is 0.251 e. The molecule has 102 valence electrons. The van der Waals surface area contributed by atoms with Gasteiger partial charge in [0.2, 0.25) is 0 Å². The Bertz CT molecular complexity index is 377. The molecule has 0 aliphatic rings. The lowest BCUT2D eigenvalue weighted by Crippen LogP contribution is -2.30. The second-order valence-corrected chi connectivity index (χ2v) is 5.42. The fourth-order valence-electron chi connectivity index (χ4n) is 1.59. The van der Waals surface area contributed by atoms with Gasteiger partial charge in [-0.15, -0.1) is 0 Å². The number of nitrogens with zero attached hydrogens (tertiary/aromatic N) is 1. The molecule has 0 saturated carbocycles. The highest BCUT2D eigenvalue weighted by Gasteiger charge is 2.13. The number of hydrogen-bond donors (Lipinski definition) is 0. The Morgan fingerprint density at radius 3 is 2.67 bits per heavy atom. The summed E-state index contributed by atoms with van der Waals surface area (Å²) < 4.78 is 31.0. The number of benzene rings is 1. The number of rotatable bonds is 7. The van der Waals surface area contributed by atoms with E-state index >= 15 is 0 Å². The molecule has 0 amide bonds. The third-order valence-corrected chi connectivity index (χ3v) is 3.57. The van der Waals surface area contributed by atoms with Crippen LogP contribution in [0.15, 0.2) is 22.7 Å². The Hall–Kier alpha value is -0.200. The van der Waals surface area contributed by atoms with E-state index in [1.54, 1.807) is 12.0 Å². The summed E-state index contributed by atoms with van der Waals surface area (Å²) in [6, 6.07) is 5.55. The van der Waals surface area contributed by atoms with Crippen LogP contribution in [0.1, 0.15) is 5.56 Å². The summed E-state index contributed by atoms with van der Waals surface area (Å²) >= 11 is 6.70. The minimum atomic E-state index is -2.33. The van der Waals surface area contributed by atoms with Gasteiger partial charge in [0.25, 0.3) is 6.43 Å². The van der Waals surface area contributed by atoms with Gasteiger partial charge in [0.1, 0.15) is 5.75 Å². The second kappa shape index (κ2) is 8.07. The molecule has 0 aliphatic heterocycles. The SMILES string of the molecule is COc1ccc(Br)c(CN(CCBr)CC(F)F)c1. The Morgan fingerprint density at radius 2 is 2.11 bits per heavy atom. The zero-order valence-electron chi connectivity index (χ0n) is 10.0. The Balaban J connectivity index is 2.78. The van der Waals surface area contributed by atoms with Crippen LogP contribution in [0.2, 0.25) is 0 Å². The monoisotopic (exact) mass is 385 g/mol. The van der Waals surface area contributed by atoms with Crippen LogP contribution in [0, 0.1) is 0 Å². The van der Waals surface area contributed by atoms with Gasteiger partial charge in [0.05, 0.1) is 13.7 Å². The molecule has 0 heterocycles. The van der Waals surface area contributed by atoms with Gasteiger partial charge in [-0.3, -0.25) is 4.90 Å². The van der Waals surface area contributed by atoms with Crippen molar-refractivity contribution in [2.45, 2.75) is 13.0 Å². The molecular weight excluding hydrogens is 372 g/mol. The summed E-state index contributed by atoms with van der Waals surface area (Å²) in [6.45, 7) is 0.816. The fourth-order valence-corrected chi connectivity index (χ4v) is 2.46. The summed E-state index contributed by atoms with van der Waals surface area (Å²) in [7, 11) is 1.59. The van der Waals surface area contributed by atoms with E-state index < -0.39 is 6.43 Å². The van der Waals surface area contributed by atoms with Crippen LogP contribution in [0.5, 0.6) is 5.75 Å². The summed E-state index contributed by atoms with van der Waals surface area (Å²) in [6.07, 6.45) is -2.33. The molecule has 0 aliphatic carbocycles. The number of ether oxygens (including phenoxy) is 1. The summed E-state index contributed by atoms with van der Waals surface area (Å²) in [5.74, 6) is 0.726. The van der Waals surface area contributed by atoms with Crippen LogP contribution in [0.25, 0.3) is 0 Å². The van der Waals surface area contributed by atoms with Crippen molar-refractivity contribution in [1.29, 1.82) is 0 Å². The number of methoxy groups -OCH3 is 1. The predicted octanol–water partition coefficient (Wildman–Crippen LogP) is 3.92. The van der Waals surface area contributed by atoms with Crippen molar-refractivity contribution in [3.8, 4) is 5.75 Å². The van der Waals surface area contributed by atoms with Crippen LogP contribution >= 0.6 is 31.9 Å². The maximum Gasteiger partial charge on any atom is 0.251 e. The zero-order chi connectivity index (χ0) is 13.5. The van der Waals surface area contributed by atoms with Gasteiger partial charge in [-0.1, -0.05) is 31.9 Å². The minimum absolute atomic E-state index is 0.227. The first kappa shape index (κ1) is 15.9. The van der Waals surface area contributed by atoms with Crippen LogP contribution in [0.4, 0.5) is 8.78 Å². The van der Waals surface area contributed by atoms with Crippen molar-refractivity contribution >= 4 is 31.9 Å². The quantitative estimate of drug-likeness (QED) is 0.658. The van der Waals surface area contributed by atoms with E-state index in [0.717, 1.165) is 15.8 Å². The second-order valence-electron chi connectivity index (χ2n) is 3.77. The number of alkyl halides is 3. The molecule has 0 unspecified atom stereocenters. The van der Waals surface area contributed by atoms with Gasteiger partial charge in [-0.25, -0.2) is 8.78 Å². The molecule has 0 fully saturated rings. The van der Waals surface area contributed by atoms with E-state index in [9.17, 15) is 8.78 Å². The third-order valence-electron chi connectivity index (χ3n) is 2.44. The van der Waals surface area contributed by atoms with Crippen molar-refractivity contribution in [2.75, 3.05) is 25.5 Å². The molecule has 0 spiro atoms. The molecule has 0 aromatic heterocycles. The third kappa shape index (κ3) is 5.20. The first-order chi connectivity index (χ1) is 8.56. The lowest BCUT2D eigenvalue weighted by molar-refractivity contribution is 0.0880. The molecule has 6 heteroatoms. The van der Waals surface area contributed by atoms with Gasteiger partial charge in [-0.2, -0.15) is 0 Å². The summed E-state index contributed by atoms with van der Waals surface area (Å²) in [5.41, 5.74) is 0.941. The fraction of sp³-hybridized carbons (Fsp3) is 0.500. The average Bonchev–Trinajstić information content (AvgIpc) is 2.31. The Labute approximate surface area is 123 Å². The van der Waals surface area contributed by atoms with Crippen LogP contribution in [-0.2, 0) is 6.54 Å². The van der Waals surface area contributed by atoms with Crippen LogP contribution in [0.3, 0.4) is 0 Å². The number of halogens is 4. The van der Waals surface area contributed by atoms with Gasteiger partial charge in [0, 0.05) is 22.9 Å². The molecule has 18 heavy (non-hydrogen) atoms. The van der Waals surface area contributed by atoms with E-state index in [0.29, 0.717) is 18.4 Å². The van der Waals surface area contributed by atoms with Crippen molar-refractivity contribution in [3.63, 3.8) is 0 Å². The average molecular weight is 387 g/mol. The lowest BCUT2D eigenvalue weighted by Gasteiger charge is -2.21. The normalized spacial score (nSPS) is 11.3. The molecule has 2 nitrogen and oxygen atoms in total. The van der Waals surface area contributed by atoms with E-state index in [2.05, 4.69) is 31.9 Å². The summed E-state index contributed by atoms with van der Waals surface area (Å²) in [5, 5.41) is 0.668. The van der Waals surface area contributed by atoms with Crippen LogP contribution in [-0.4, -0.2) is 36.9 Å². The first-order valence-electron chi connectivity index (χ1n) is 5.45. The highest BCUT2D eigenvalue weighted by molar-refractivity contribution is 9.10. The molecule has 0 bridgehead atoms. The predicted molar refractivity (Wildman–Crippen MR) is 75.8 cm³/mol. The van der Waals surface area contributed by atoms with Gasteiger partial charge in [-0.05, 0) is 23.8 Å². The van der Waals surface area contributed by atoms with E-state index in [-0.39, 0.29) is 6.54 Å². The molecule has 0 atom stereocenters. The highest BCUT2D eigenvalue weighted by atomic mass is 79.9. The Kier molecular flexibility index (Phi) is 7.11. The van der Waals surface area contributed by atoms with E-state index in [4.69, 9.17) is 4.74 Å². The largest absolute Gasteiger partial charge is 0.497 e. The molecule has 1 aromatic carbocycles. The molecular formula is C12H15Br2F2NO. The molecule has 0 N–H and O–H groups in total.